The summed E-state index contributed by atoms with van der Waals surface area (Å²) in [5.74, 6) is 1.69. The monoisotopic (exact) mass is 483 g/mol. The Morgan fingerprint density at radius 1 is 0.917 bits per heavy atom. The van der Waals surface area contributed by atoms with Crippen LogP contribution in [0.5, 0.6) is 5.75 Å². The quantitative estimate of drug-likeness (QED) is 0.379. The zero-order valence-corrected chi connectivity index (χ0v) is 21.2. The minimum Gasteiger partial charge on any atom is -0.490 e. The van der Waals surface area contributed by atoms with Crippen molar-refractivity contribution in [2.45, 2.75) is 76.4 Å². The molecule has 36 heavy (non-hydrogen) atoms. The highest BCUT2D eigenvalue weighted by atomic mass is 16.5. The number of ether oxygens (including phenoxy) is 2. The number of rotatable bonds is 7. The minimum absolute atomic E-state index is 0.201. The molecule has 2 aromatic carbocycles. The predicted molar refractivity (Wildman–Crippen MR) is 145 cm³/mol. The lowest BCUT2D eigenvalue weighted by Crippen LogP contribution is -2.25. The molecule has 2 saturated carbocycles. The summed E-state index contributed by atoms with van der Waals surface area (Å²) in [6.07, 6.45) is 12.4. The highest BCUT2D eigenvalue weighted by Crippen LogP contribution is 2.43. The fourth-order valence-corrected chi connectivity index (χ4v) is 6.17. The fraction of sp³-hybridized carbons (Fsp3) is 0.516. The highest BCUT2D eigenvalue weighted by molar-refractivity contribution is 5.95. The van der Waals surface area contributed by atoms with E-state index >= 15 is 0 Å². The molecule has 0 spiro atoms. The summed E-state index contributed by atoms with van der Waals surface area (Å²) in [7, 11) is 0. The van der Waals surface area contributed by atoms with Crippen molar-refractivity contribution >= 4 is 16.6 Å². The van der Waals surface area contributed by atoms with Crippen molar-refractivity contribution < 1.29 is 9.47 Å². The second kappa shape index (κ2) is 10.6. The number of benzene rings is 2. The van der Waals surface area contributed by atoms with E-state index in [1.807, 2.05) is 6.07 Å². The summed E-state index contributed by atoms with van der Waals surface area (Å²) in [5.41, 5.74) is 5.23. The Kier molecular flexibility index (Phi) is 6.88. The smallest absolute Gasteiger partial charge is 0.121 e. The zero-order valence-electron chi connectivity index (χ0n) is 21.2. The highest BCUT2D eigenvalue weighted by Gasteiger charge is 2.28. The maximum absolute atomic E-state index is 10.3. The Morgan fingerprint density at radius 2 is 1.69 bits per heavy atom. The van der Waals surface area contributed by atoms with E-state index in [0.29, 0.717) is 6.04 Å². The minimum atomic E-state index is 0.201. The number of fused-ring (bicyclic) bond motifs is 1. The number of nitriles is 1. The molecule has 0 amide bonds. The maximum atomic E-state index is 10.3. The standard InChI is InChI=1S/C31H37N3O2/c32-20-29-28-14-13-27(36-26-15-17-35-18-16-26)19-30(28)34(25-7-4-8-25)31(29)23-9-11-24(12-10-23)33-21-22-5-2-1-3-6-22/h9-14,19,22,25-26,33H,1-8,15-18,21H2. The Morgan fingerprint density at radius 3 is 2.39 bits per heavy atom. The van der Waals surface area contributed by atoms with Crippen LogP contribution in [0.15, 0.2) is 42.5 Å². The van der Waals surface area contributed by atoms with Gasteiger partial charge in [0.1, 0.15) is 17.9 Å². The lowest BCUT2D eigenvalue weighted by atomic mass is 9.89. The fourth-order valence-electron chi connectivity index (χ4n) is 6.17. The van der Waals surface area contributed by atoms with Crippen molar-refractivity contribution in [2.75, 3.05) is 25.1 Å². The molecule has 0 unspecified atom stereocenters. The van der Waals surface area contributed by atoms with Gasteiger partial charge in [-0.2, -0.15) is 5.26 Å². The number of nitrogens with zero attached hydrogens (tertiary/aromatic N) is 2. The van der Waals surface area contributed by atoms with Crippen molar-refractivity contribution in [3.05, 3.63) is 48.0 Å². The molecule has 0 radical (unpaired) electrons. The molecule has 1 aliphatic heterocycles. The number of hydrogen-bond donors (Lipinski definition) is 1. The summed E-state index contributed by atoms with van der Waals surface area (Å²) < 4.78 is 14.3. The molecule has 3 fully saturated rings. The van der Waals surface area contributed by atoms with Crippen LogP contribution < -0.4 is 10.1 Å². The van der Waals surface area contributed by atoms with Crippen molar-refractivity contribution in [1.82, 2.24) is 4.57 Å². The molecule has 1 aromatic heterocycles. The first-order valence-electron chi connectivity index (χ1n) is 14.0. The van der Waals surface area contributed by atoms with E-state index in [4.69, 9.17) is 9.47 Å². The molecule has 1 saturated heterocycles. The number of anilines is 1. The zero-order chi connectivity index (χ0) is 24.3. The Hall–Kier alpha value is -2.97. The normalized spacial score (nSPS) is 19.6. The van der Waals surface area contributed by atoms with E-state index in [2.05, 4.69) is 52.4 Å². The van der Waals surface area contributed by atoms with Gasteiger partial charge in [-0.1, -0.05) is 31.4 Å². The van der Waals surface area contributed by atoms with E-state index < -0.39 is 0 Å². The first-order chi connectivity index (χ1) is 17.8. The van der Waals surface area contributed by atoms with Crippen molar-refractivity contribution in [2.24, 2.45) is 5.92 Å². The predicted octanol–water partition coefficient (Wildman–Crippen LogP) is 7.45. The number of aromatic nitrogens is 1. The van der Waals surface area contributed by atoms with Crippen LogP contribution in [0.4, 0.5) is 5.69 Å². The van der Waals surface area contributed by atoms with Crippen LogP contribution in [-0.4, -0.2) is 30.4 Å². The van der Waals surface area contributed by atoms with E-state index in [1.165, 1.54) is 44.2 Å². The van der Waals surface area contributed by atoms with E-state index in [9.17, 15) is 5.26 Å². The molecule has 0 atom stereocenters. The van der Waals surface area contributed by atoms with Crippen molar-refractivity contribution in [3.63, 3.8) is 0 Å². The molecule has 3 aliphatic rings. The molecular formula is C31H37N3O2. The third-order valence-corrected chi connectivity index (χ3v) is 8.48. The molecule has 5 heteroatoms. The Labute approximate surface area is 214 Å². The summed E-state index contributed by atoms with van der Waals surface area (Å²) in [6, 6.07) is 18.0. The van der Waals surface area contributed by atoms with Crippen LogP contribution in [0.2, 0.25) is 0 Å². The first-order valence-corrected chi connectivity index (χ1v) is 14.0. The second-order valence-electron chi connectivity index (χ2n) is 10.9. The number of nitrogens with one attached hydrogen (secondary N) is 1. The molecule has 0 bridgehead atoms. The van der Waals surface area contributed by atoms with Crippen molar-refractivity contribution in [1.29, 1.82) is 5.26 Å². The lowest BCUT2D eigenvalue weighted by molar-refractivity contribution is 0.0256. The van der Waals surface area contributed by atoms with Crippen LogP contribution in [0.25, 0.3) is 22.2 Å². The van der Waals surface area contributed by atoms with E-state index in [1.54, 1.807) is 0 Å². The van der Waals surface area contributed by atoms with Crippen LogP contribution in [-0.2, 0) is 4.74 Å². The van der Waals surface area contributed by atoms with Crippen LogP contribution in [0.1, 0.15) is 75.8 Å². The van der Waals surface area contributed by atoms with E-state index in [0.717, 1.165) is 84.8 Å². The first kappa shape index (κ1) is 23.4. The molecule has 6 rings (SSSR count). The SMILES string of the molecule is N#Cc1c(-c2ccc(NCC3CCCCC3)cc2)n(C2CCC2)c2cc(OC3CCOCC3)ccc12. The molecule has 3 aromatic rings. The number of hydrogen-bond acceptors (Lipinski definition) is 4. The summed E-state index contributed by atoms with van der Waals surface area (Å²) in [4.78, 5) is 0. The van der Waals surface area contributed by atoms with E-state index in [-0.39, 0.29) is 6.10 Å². The van der Waals surface area contributed by atoms with Gasteiger partial charge < -0.3 is 19.4 Å². The molecule has 2 heterocycles. The molecular weight excluding hydrogens is 446 g/mol. The second-order valence-corrected chi connectivity index (χ2v) is 10.9. The molecule has 2 aliphatic carbocycles. The largest absolute Gasteiger partial charge is 0.490 e. The average molecular weight is 484 g/mol. The summed E-state index contributed by atoms with van der Waals surface area (Å²) in [6.45, 7) is 2.58. The third kappa shape index (κ3) is 4.72. The third-order valence-electron chi connectivity index (χ3n) is 8.48. The van der Waals surface area contributed by atoms with Gasteiger partial charge in [0.15, 0.2) is 0 Å². The lowest BCUT2D eigenvalue weighted by Gasteiger charge is -2.30. The van der Waals surface area contributed by atoms with Gasteiger partial charge in [0, 0.05) is 42.6 Å². The van der Waals surface area contributed by atoms with Gasteiger partial charge in [-0.25, -0.2) is 0 Å². The average Bonchev–Trinajstić information content (AvgIpc) is 3.21. The molecule has 5 nitrogen and oxygen atoms in total. The van der Waals surface area contributed by atoms with Crippen LogP contribution >= 0.6 is 0 Å². The van der Waals surface area contributed by atoms with Crippen LogP contribution in [0.3, 0.4) is 0 Å². The Balaban J connectivity index is 1.31. The maximum Gasteiger partial charge on any atom is 0.121 e. The van der Waals surface area contributed by atoms with Gasteiger partial charge >= 0.3 is 0 Å². The summed E-state index contributed by atoms with van der Waals surface area (Å²) >= 11 is 0. The van der Waals surface area contributed by atoms with Gasteiger partial charge in [-0.15, -0.1) is 0 Å². The van der Waals surface area contributed by atoms with Gasteiger partial charge in [0.05, 0.1) is 30.0 Å². The van der Waals surface area contributed by atoms with Gasteiger partial charge in [-0.05, 0) is 67.9 Å². The topological polar surface area (TPSA) is 59.2 Å². The molecule has 188 valence electrons. The Bertz CT molecular complexity index is 1220. The van der Waals surface area contributed by atoms with Crippen molar-refractivity contribution in [3.8, 4) is 23.1 Å². The van der Waals surface area contributed by atoms with Gasteiger partial charge in [-0.3, -0.25) is 0 Å². The van der Waals surface area contributed by atoms with Crippen LogP contribution in [0, 0.1) is 17.2 Å². The van der Waals surface area contributed by atoms with Gasteiger partial charge in [0.2, 0.25) is 0 Å². The summed E-state index contributed by atoms with van der Waals surface area (Å²) in [5, 5.41) is 14.9. The van der Waals surface area contributed by atoms with Gasteiger partial charge in [0.25, 0.3) is 0 Å². The molecule has 1 N–H and O–H groups in total.